The SMILES string of the molecule is CCCCCCSc1nc2c3ccccc3ncn2n1. The molecule has 2 aromatic heterocycles. The number of hydrogen-bond acceptors (Lipinski definition) is 4. The second kappa shape index (κ2) is 6.22. The van der Waals surface area contributed by atoms with Crippen LogP contribution in [-0.4, -0.2) is 25.3 Å². The lowest BCUT2D eigenvalue weighted by Crippen LogP contribution is -1.90. The molecule has 0 amide bonds. The highest BCUT2D eigenvalue weighted by atomic mass is 32.2. The Bertz CT molecular complexity index is 707. The summed E-state index contributed by atoms with van der Waals surface area (Å²) in [5, 5.41) is 6.39. The summed E-state index contributed by atoms with van der Waals surface area (Å²) in [5.74, 6) is 1.09. The van der Waals surface area contributed by atoms with Crippen molar-refractivity contribution in [3.8, 4) is 0 Å². The van der Waals surface area contributed by atoms with Gasteiger partial charge in [-0.1, -0.05) is 50.1 Å². The van der Waals surface area contributed by atoms with E-state index in [4.69, 9.17) is 0 Å². The Morgan fingerprint density at radius 3 is 2.95 bits per heavy atom. The summed E-state index contributed by atoms with van der Waals surface area (Å²) in [7, 11) is 0. The van der Waals surface area contributed by atoms with E-state index in [2.05, 4.69) is 22.0 Å². The highest BCUT2D eigenvalue weighted by molar-refractivity contribution is 7.99. The molecular formula is C15H18N4S. The van der Waals surface area contributed by atoms with Gasteiger partial charge in [-0.3, -0.25) is 0 Å². The molecule has 0 bridgehead atoms. The Hall–Kier alpha value is -1.62. The number of unbranched alkanes of at least 4 members (excludes halogenated alkanes) is 3. The molecule has 1 aromatic carbocycles. The highest BCUT2D eigenvalue weighted by Gasteiger charge is 2.07. The van der Waals surface area contributed by atoms with Crippen molar-refractivity contribution in [1.82, 2.24) is 19.6 Å². The zero-order valence-corrected chi connectivity index (χ0v) is 12.4. The maximum absolute atomic E-state index is 4.63. The molecule has 104 valence electrons. The standard InChI is InChI=1S/C15H18N4S/c1-2-3-4-7-10-20-15-17-14-12-8-5-6-9-13(12)16-11-19(14)18-15/h5-6,8-9,11H,2-4,7,10H2,1H3. The number of thioether (sulfide) groups is 1. The fraction of sp³-hybridized carbons (Fsp3) is 0.400. The van der Waals surface area contributed by atoms with Crippen LogP contribution in [0.25, 0.3) is 16.6 Å². The zero-order valence-electron chi connectivity index (χ0n) is 11.6. The van der Waals surface area contributed by atoms with Gasteiger partial charge in [0, 0.05) is 11.1 Å². The smallest absolute Gasteiger partial charge is 0.209 e. The van der Waals surface area contributed by atoms with E-state index in [1.807, 2.05) is 24.3 Å². The van der Waals surface area contributed by atoms with Gasteiger partial charge < -0.3 is 0 Å². The van der Waals surface area contributed by atoms with Crippen LogP contribution in [-0.2, 0) is 0 Å². The third-order valence-corrected chi connectivity index (χ3v) is 4.22. The lowest BCUT2D eigenvalue weighted by Gasteiger charge is -1.96. The van der Waals surface area contributed by atoms with E-state index in [1.54, 1.807) is 22.6 Å². The van der Waals surface area contributed by atoms with Crippen molar-refractivity contribution in [3.63, 3.8) is 0 Å². The Labute approximate surface area is 122 Å². The number of aromatic nitrogens is 4. The first-order valence-electron chi connectivity index (χ1n) is 7.11. The van der Waals surface area contributed by atoms with Crippen LogP contribution < -0.4 is 0 Å². The molecule has 0 aliphatic carbocycles. The summed E-state index contributed by atoms with van der Waals surface area (Å²) in [6.45, 7) is 2.23. The second-order valence-electron chi connectivity index (χ2n) is 4.83. The van der Waals surface area contributed by atoms with Crippen molar-refractivity contribution in [2.24, 2.45) is 0 Å². The Kier molecular flexibility index (Phi) is 4.16. The minimum Gasteiger partial charge on any atom is -0.236 e. The van der Waals surface area contributed by atoms with Crippen LogP contribution in [0.5, 0.6) is 0 Å². The van der Waals surface area contributed by atoms with Gasteiger partial charge >= 0.3 is 0 Å². The summed E-state index contributed by atoms with van der Waals surface area (Å²) >= 11 is 1.73. The molecule has 5 heteroatoms. The molecule has 0 radical (unpaired) electrons. The van der Waals surface area contributed by atoms with E-state index in [0.717, 1.165) is 27.5 Å². The number of rotatable bonds is 6. The van der Waals surface area contributed by atoms with Crippen LogP contribution in [0.1, 0.15) is 32.6 Å². The minimum absolute atomic E-state index is 0.847. The van der Waals surface area contributed by atoms with Gasteiger partial charge in [0.15, 0.2) is 5.65 Å². The minimum atomic E-state index is 0.847. The van der Waals surface area contributed by atoms with Gasteiger partial charge in [0.1, 0.15) is 6.33 Å². The van der Waals surface area contributed by atoms with Crippen LogP contribution in [0.2, 0.25) is 0 Å². The Morgan fingerprint density at radius 2 is 2.05 bits per heavy atom. The molecule has 0 unspecified atom stereocenters. The topological polar surface area (TPSA) is 43.1 Å². The van der Waals surface area contributed by atoms with Crippen LogP contribution in [0, 0.1) is 0 Å². The molecule has 0 aliphatic heterocycles. The maximum atomic E-state index is 4.63. The molecule has 0 saturated heterocycles. The molecular weight excluding hydrogens is 268 g/mol. The molecule has 0 aliphatic rings. The average molecular weight is 286 g/mol. The average Bonchev–Trinajstić information content (AvgIpc) is 2.90. The molecule has 3 rings (SSSR count). The van der Waals surface area contributed by atoms with Gasteiger partial charge in [-0.25, -0.2) is 14.5 Å². The van der Waals surface area contributed by atoms with E-state index < -0.39 is 0 Å². The van der Waals surface area contributed by atoms with Crippen molar-refractivity contribution in [2.75, 3.05) is 5.75 Å². The number of hydrogen-bond donors (Lipinski definition) is 0. The van der Waals surface area contributed by atoms with Gasteiger partial charge in [0.25, 0.3) is 0 Å². The van der Waals surface area contributed by atoms with Crippen molar-refractivity contribution >= 4 is 28.3 Å². The van der Waals surface area contributed by atoms with E-state index >= 15 is 0 Å². The van der Waals surface area contributed by atoms with Crippen LogP contribution >= 0.6 is 11.8 Å². The first kappa shape index (κ1) is 13.4. The van der Waals surface area contributed by atoms with Crippen LogP contribution in [0.15, 0.2) is 35.7 Å². The van der Waals surface area contributed by atoms with Crippen molar-refractivity contribution < 1.29 is 0 Å². The third-order valence-electron chi connectivity index (χ3n) is 3.29. The predicted octanol–water partition coefficient (Wildman–Crippen LogP) is 3.95. The third kappa shape index (κ3) is 2.77. The fourth-order valence-corrected chi connectivity index (χ4v) is 3.04. The second-order valence-corrected chi connectivity index (χ2v) is 5.90. The molecule has 0 N–H and O–H groups in total. The number of fused-ring (bicyclic) bond motifs is 3. The van der Waals surface area contributed by atoms with E-state index in [0.29, 0.717) is 0 Å². The molecule has 3 aromatic rings. The van der Waals surface area contributed by atoms with Crippen molar-refractivity contribution in [1.29, 1.82) is 0 Å². The van der Waals surface area contributed by atoms with Gasteiger partial charge in [0.05, 0.1) is 5.52 Å². The molecule has 0 spiro atoms. The summed E-state index contributed by atoms with van der Waals surface area (Å²) in [5.41, 5.74) is 1.86. The number of nitrogens with zero attached hydrogens (tertiary/aromatic N) is 4. The normalized spacial score (nSPS) is 11.4. The van der Waals surface area contributed by atoms with E-state index in [-0.39, 0.29) is 0 Å². The molecule has 0 atom stereocenters. The summed E-state index contributed by atoms with van der Waals surface area (Å²) in [6, 6.07) is 8.05. The monoisotopic (exact) mass is 286 g/mol. The van der Waals surface area contributed by atoms with Gasteiger partial charge in [-0.15, -0.1) is 5.10 Å². The number of para-hydroxylation sites is 1. The summed E-state index contributed by atoms with van der Waals surface area (Å²) in [6.07, 6.45) is 6.85. The highest BCUT2D eigenvalue weighted by Crippen LogP contribution is 2.21. The van der Waals surface area contributed by atoms with E-state index in [1.165, 1.54) is 25.7 Å². The van der Waals surface area contributed by atoms with Crippen molar-refractivity contribution in [2.45, 2.75) is 37.8 Å². The first-order valence-corrected chi connectivity index (χ1v) is 8.10. The Balaban J connectivity index is 1.78. The lowest BCUT2D eigenvalue weighted by atomic mass is 10.2. The number of benzene rings is 1. The van der Waals surface area contributed by atoms with Crippen LogP contribution in [0.3, 0.4) is 0 Å². The van der Waals surface area contributed by atoms with Crippen molar-refractivity contribution in [3.05, 3.63) is 30.6 Å². The fourth-order valence-electron chi connectivity index (χ4n) is 2.21. The van der Waals surface area contributed by atoms with Crippen LogP contribution in [0.4, 0.5) is 0 Å². The quantitative estimate of drug-likeness (QED) is 0.508. The molecule has 20 heavy (non-hydrogen) atoms. The maximum Gasteiger partial charge on any atom is 0.209 e. The Morgan fingerprint density at radius 1 is 1.15 bits per heavy atom. The van der Waals surface area contributed by atoms with Gasteiger partial charge in [-0.05, 0) is 18.6 Å². The largest absolute Gasteiger partial charge is 0.236 e. The zero-order chi connectivity index (χ0) is 13.8. The predicted molar refractivity (Wildman–Crippen MR) is 83.2 cm³/mol. The molecule has 0 saturated carbocycles. The molecule has 4 nitrogen and oxygen atoms in total. The molecule has 0 fully saturated rings. The molecule has 2 heterocycles. The summed E-state index contributed by atoms with van der Waals surface area (Å²) in [4.78, 5) is 9.03. The summed E-state index contributed by atoms with van der Waals surface area (Å²) < 4.78 is 1.77. The lowest BCUT2D eigenvalue weighted by molar-refractivity contribution is 0.706. The van der Waals surface area contributed by atoms with E-state index in [9.17, 15) is 0 Å². The van der Waals surface area contributed by atoms with Gasteiger partial charge in [0.2, 0.25) is 5.16 Å². The first-order chi connectivity index (χ1) is 9.88. The van der Waals surface area contributed by atoms with Gasteiger partial charge in [-0.2, -0.15) is 0 Å².